The van der Waals surface area contributed by atoms with Gasteiger partial charge < -0.3 is 5.11 Å². The molecule has 66 valence electrons. The number of alkyl halides is 1. The molecule has 1 atom stereocenters. The molecule has 0 heterocycles. The summed E-state index contributed by atoms with van der Waals surface area (Å²) >= 11 is 3.43. The topological polar surface area (TPSA) is 20.2 Å². The van der Waals surface area contributed by atoms with Crippen LogP contribution < -0.4 is 0 Å². The Labute approximate surface area is 81.6 Å². The molecule has 0 radical (unpaired) electrons. The first-order valence-corrected chi connectivity index (χ1v) is 5.18. The van der Waals surface area contributed by atoms with Crippen molar-refractivity contribution < 1.29 is 5.11 Å². The van der Waals surface area contributed by atoms with E-state index in [1.165, 1.54) is 5.56 Å². The van der Waals surface area contributed by atoms with E-state index in [1.54, 1.807) is 6.07 Å². The summed E-state index contributed by atoms with van der Waals surface area (Å²) in [6.07, 6.45) is 1.01. The van der Waals surface area contributed by atoms with Gasteiger partial charge in [0.05, 0.1) is 0 Å². The predicted molar refractivity (Wildman–Crippen MR) is 54.8 cm³/mol. The van der Waals surface area contributed by atoms with Crippen LogP contribution in [0.4, 0.5) is 0 Å². The van der Waals surface area contributed by atoms with Crippen molar-refractivity contribution in [2.24, 2.45) is 5.92 Å². The summed E-state index contributed by atoms with van der Waals surface area (Å²) in [7, 11) is 0. The summed E-state index contributed by atoms with van der Waals surface area (Å²) in [6, 6.07) is 7.44. The molecule has 0 aliphatic rings. The van der Waals surface area contributed by atoms with Gasteiger partial charge in [0.2, 0.25) is 0 Å². The largest absolute Gasteiger partial charge is 0.508 e. The number of phenolic OH excluding ortho intramolecular Hbond substituents is 1. The van der Waals surface area contributed by atoms with Crippen molar-refractivity contribution in [3.63, 3.8) is 0 Å². The monoisotopic (exact) mass is 228 g/mol. The summed E-state index contributed by atoms with van der Waals surface area (Å²) in [5, 5.41) is 10.2. The van der Waals surface area contributed by atoms with Crippen LogP contribution in [0.3, 0.4) is 0 Å². The number of hydrogen-bond donors (Lipinski definition) is 1. The lowest BCUT2D eigenvalue weighted by Gasteiger charge is -2.06. The molecule has 0 aliphatic heterocycles. The summed E-state index contributed by atoms with van der Waals surface area (Å²) < 4.78 is 0. The number of phenols is 1. The number of halogens is 1. The van der Waals surface area contributed by atoms with Crippen LogP contribution in [0.2, 0.25) is 0 Å². The van der Waals surface area contributed by atoms with Gasteiger partial charge in [0, 0.05) is 5.33 Å². The van der Waals surface area contributed by atoms with E-state index in [9.17, 15) is 5.11 Å². The van der Waals surface area contributed by atoms with Gasteiger partial charge in [-0.05, 0) is 30.0 Å². The second kappa shape index (κ2) is 4.51. The maximum absolute atomic E-state index is 9.19. The third-order valence-electron chi connectivity index (χ3n) is 1.76. The molecule has 0 amide bonds. The molecule has 0 fully saturated rings. The quantitative estimate of drug-likeness (QED) is 0.790. The Morgan fingerprint density at radius 2 is 2.25 bits per heavy atom. The highest BCUT2D eigenvalue weighted by molar-refractivity contribution is 9.09. The zero-order valence-electron chi connectivity index (χ0n) is 7.13. The molecule has 0 bridgehead atoms. The molecule has 2 heteroatoms. The second-order valence-corrected chi connectivity index (χ2v) is 3.78. The van der Waals surface area contributed by atoms with E-state index in [0.717, 1.165) is 11.8 Å². The predicted octanol–water partition coefficient (Wildman–Crippen LogP) is 2.97. The highest BCUT2D eigenvalue weighted by atomic mass is 79.9. The Morgan fingerprint density at radius 1 is 1.50 bits per heavy atom. The van der Waals surface area contributed by atoms with Crippen molar-refractivity contribution in [1.82, 2.24) is 0 Å². The molecule has 1 aromatic rings. The lowest BCUT2D eigenvalue weighted by molar-refractivity contribution is 0.474. The van der Waals surface area contributed by atoms with Crippen molar-refractivity contribution in [3.05, 3.63) is 29.8 Å². The summed E-state index contributed by atoms with van der Waals surface area (Å²) in [6.45, 7) is 2.18. The molecule has 0 saturated heterocycles. The van der Waals surface area contributed by atoms with Crippen LogP contribution in [0.1, 0.15) is 12.5 Å². The van der Waals surface area contributed by atoms with Gasteiger partial charge in [0.1, 0.15) is 5.75 Å². The molecule has 1 nitrogen and oxygen atoms in total. The molecular formula is C10H13BrO. The molecule has 0 spiro atoms. The summed E-state index contributed by atoms with van der Waals surface area (Å²) in [4.78, 5) is 0. The van der Waals surface area contributed by atoms with Crippen molar-refractivity contribution in [2.45, 2.75) is 13.3 Å². The Kier molecular flexibility index (Phi) is 3.60. The minimum atomic E-state index is 0.356. The van der Waals surface area contributed by atoms with Crippen LogP contribution in [0.15, 0.2) is 24.3 Å². The standard InChI is InChI=1S/C10H13BrO/c1-8(7-11)5-9-3-2-4-10(12)6-9/h2-4,6,8,12H,5,7H2,1H3. The molecule has 1 rings (SSSR count). The van der Waals surface area contributed by atoms with E-state index in [0.29, 0.717) is 11.7 Å². The van der Waals surface area contributed by atoms with E-state index in [-0.39, 0.29) is 0 Å². The zero-order chi connectivity index (χ0) is 8.97. The highest BCUT2D eigenvalue weighted by Gasteiger charge is 2.01. The van der Waals surface area contributed by atoms with Crippen LogP contribution in [0, 0.1) is 5.92 Å². The minimum absolute atomic E-state index is 0.356. The fourth-order valence-corrected chi connectivity index (χ4v) is 1.37. The number of rotatable bonds is 3. The SMILES string of the molecule is CC(CBr)Cc1cccc(O)c1. The van der Waals surface area contributed by atoms with Crippen LogP contribution >= 0.6 is 15.9 Å². The molecule has 1 N–H and O–H groups in total. The molecule has 1 unspecified atom stereocenters. The van der Waals surface area contributed by atoms with E-state index in [1.807, 2.05) is 18.2 Å². The maximum Gasteiger partial charge on any atom is 0.115 e. The number of hydrogen-bond acceptors (Lipinski definition) is 1. The van der Waals surface area contributed by atoms with Gasteiger partial charge in [-0.1, -0.05) is 35.0 Å². The third kappa shape index (κ3) is 2.86. The fraction of sp³-hybridized carbons (Fsp3) is 0.400. The highest BCUT2D eigenvalue weighted by Crippen LogP contribution is 2.15. The Morgan fingerprint density at radius 3 is 2.83 bits per heavy atom. The number of aromatic hydroxyl groups is 1. The number of benzene rings is 1. The Balaban J connectivity index is 2.63. The van der Waals surface area contributed by atoms with Gasteiger partial charge in [-0.25, -0.2) is 0 Å². The smallest absolute Gasteiger partial charge is 0.115 e. The fourth-order valence-electron chi connectivity index (χ4n) is 1.14. The average Bonchev–Trinajstić information content (AvgIpc) is 2.04. The van der Waals surface area contributed by atoms with E-state index in [2.05, 4.69) is 22.9 Å². The average molecular weight is 229 g/mol. The molecule has 0 aliphatic carbocycles. The van der Waals surface area contributed by atoms with Crippen molar-refractivity contribution >= 4 is 15.9 Å². The molecule has 0 aromatic heterocycles. The van der Waals surface area contributed by atoms with Crippen molar-refractivity contribution in [2.75, 3.05) is 5.33 Å². The van der Waals surface area contributed by atoms with Gasteiger partial charge in [-0.15, -0.1) is 0 Å². The van der Waals surface area contributed by atoms with Gasteiger partial charge in [-0.3, -0.25) is 0 Å². The summed E-state index contributed by atoms with van der Waals surface area (Å²) in [5.74, 6) is 0.973. The van der Waals surface area contributed by atoms with Crippen LogP contribution in [-0.2, 0) is 6.42 Å². The Hall–Kier alpha value is -0.500. The van der Waals surface area contributed by atoms with Gasteiger partial charge >= 0.3 is 0 Å². The van der Waals surface area contributed by atoms with Crippen LogP contribution in [-0.4, -0.2) is 10.4 Å². The normalized spacial score (nSPS) is 12.8. The zero-order valence-corrected chi connectivity index (χ0v) is 8.71. The molecular weight excluding hydrogens is 216 g/mol. The van der Waals surface area contributed by atoms with E-state index in [4.69, 9.17) is 0 Å². The first-order chi connectivity index (χ1) is 5.72. The molecule has 12 heavy (non-hydrogen) atoms. The van der Waals surface area contributed by atoms with Crippen LogP contribution in [0.25, 0.3) is 0 Å². The third-order valence-corrected chi connectivity index (χ3v) is 2.86. The first kappa shape index (κ1) is 9.59. The van der Waals surface area contributed by atoms with Crippen molar-refractivity contribution in [3.8, 4) is 5.75 Å². The van der Waals surface area contributed by atoms with Gasteiger partial charge in [0.15, 0.2) is 0 Å². The van der Waals surface area contributed by atoms with Gasteiger partial charge in [0.25, 0.3) is 0 Å². The van der Waals surface area contributed by atoms with Crippen LogP contribution in [0.5, 0.6) is 5.75 Å². The second-order valence-electron chi connectivity index (χ2n) is 3.13. The Bertz CT molecular complexity index is 247. The summed E-state index contributed by atoms with van der Waals surface area (Å²) in [5.41, 5.74) is 1.20. The molecule has 0 saturated carbocycles. The molecule has 1 aromatic carbocycles. The maximum atomic E-state index is 9.19. The van der Waals surface area contributed by atoms with Gasteiger partial charge in [-0.2, -0.15) is 0 Å². The van der Waals surface area contributed by atoms with Crippen molar-refractivity contribution in [1.29, 1.82) is 0 Å². The van der Waals surface area contributed by atoms with E-state index < -0.39 is 0 Å². The minimum Gasteiger partial charge on any atom is -0.508 e. The first-order valence-electron chi connectivity index (χ1n) is 4.06. The van der Waals surface area contributed by atoms with E-state index >= 15 is 0 Å². The lowest BCUT2D eigenvalue weighted by atomic mass is 10.0. The lowest BCUT2D eigenvalue weighted by Crippen LogP contribution is -1.99.